The Kier molecular flexibility index (Phi) is 4.80. The Hall–Kier alpha value is -0.610. The maximum absolute atomic E-state index is 4.40. The van der Waals surface area contributed by atoms with Gasteiger partial charge >= 0.3 is 0 Å². The second-order valence-electron chi connectivity index (χ2n) is 5.05. The lowest BCUT2D eigenvalue weighted by molar-refractivity contribution is 0.201. The van der Waals surface area contributed by atoms with Gasteiger partial charge in [0.15, 0.2) is 5.13 Å². The van der Waals surface area contributed by atoms with Gasteiger partial charge in [-0.05, 0) is 32.2 Å². The smallest absolute Gasteiger partial charge is 0.182 e. The number of hydrogen-bond acceptors (Lipinski definition) is 4. The van der Waals surface area contributed by atoms with E-state index < -0.39 is 0 Å². The van der Waals surface area contributed by atoms with Crippen LogP contribution in [-0.2, 0) is 6.54 Å². The molecule has 4 heteroatoms. The van der Waals surface area contributed by atoms with Crippen molar-refractivity contribution < 1.29 is 0 Å². The van der Waals surface area contributed by atoms with Gasteiger partial charge in [-0.1, -0.05) is 13.3 Å². The normalized spacial score (nSPS) is 16.2. The Labute approximate surface area is 108 Å². The Bertz CT molecular complexity index is 333. The van der Waals surface area contributed by atoms with Crippen LogP contribution in [0.15, 0.2) is 6.20 Å². The average molecular weight is 253 g/mol. The van der Waals surface area contributed by atoms with Crippen LogP contribution >= 0.6 is 11.3 Å². The van der Waals surface area contributed by atoms with E-state index in [-0.39, 0.29) is 0 Å². The van der Waals surface area contributed by atoms with E-state index in [1.54, 1.807) is 11.3 Å². The predicted molar refractivity (Wildman–Crippen MR) is 74.6 cm³/mol. The van der Waals surface area contributed by atoms with Crippen LogP contribution in [-0.4, -0.2) is 30.0 Å². The van der Waals surface area contributed by atoms with Gasteiger partial charge in [-0.2, -0.15) is 0 Å². The molecule has 17 heavy (non-hydrogen) atoms. The lowest BCUT2D eigenvalue weighted by Gasteiger charge is -2.29. The van der Waals surface area contributed by atoms with Gasteiger partial charge in [0.1, 0.15) is 0 Å². The van der Waals surface area contributed by atoms with Gasteiger partial charge in [-0.15, -0.1) is 11.3 Å². The topological polar surface area (TPSA) is 28.2 Å². The van der Waals surface area contributed by atoms with Crippen LogP contribution in [0.3, 0.4) is 0 Å². The second-order valence-corrected chi connectivity index (χ2v) is 6.17. The van der Waals surface area contributed by atoms with E-state index in [0.29, 0.717) is 0 Å². The monoisotopic (exact) mass is 253 g/mol. The molecule has 2 rings (SSSR count). The molecule has 0 atom stereocenters. The van der Waals surface area contributed by atoms with E-state index in [2.05, 4.69) is 29.2 Å². The van der Waals surface area contributed by atoms with Crippen LogP contribution in [0.4, 0.5) is 5.13 Å². The van der Waals surface area contributed by atoms with Crippen molar-refractivity contribution in [3.8, 4) is 0 Å². The molecular weight excluding hydrogens is 230 g/mol. The fourth-order valence-electron chi connectivity index (χ4n) is 2.14. The first kappa shape index (κ1) is 12.8. The molecule has 0 aromatic carbocycles. The first-order chi connectivity index (χ1) is 8.28. The quantitative estimate of drug-likeness (QED) is 0.809. The summed E-state index contributed by atoms with van der Waals surface area (Å²) in [4.78, 5) is 8.20. The third kappa shape index (κ3) is 3.96. The summed E-state index contributed by atoms with van der Waals surface area (Å²) >= 11 is 1.79. The highest BCUT2D eigenvalue weighted by Crippen LogP contribution is 2.27. The van der Waals surface area contributed by atoms with Crippen LogP contribution in [0, 0.1) is 5.92 Å². The Balaban J connectivity index is 1.74. The minimum Gasteiger partial charge on any atom is -0.362 e. The molecule has 0 aliphatic heterocycles. The van der Waals surface area contributed by atoms with Gasteiger partial charge in [-0.3, -0.25) is 0 Å². The van der Waals surface area contributed by atoms with E-state index in [1.807, 2.05) is 6.20 Å². The molecule has 1 heterocycles. The molecule has 96 valence electrons. The number of anilines is 1. The van der Waals surface area contributed by atoms with Crippen LogP contribution in [0.25, 0.3) is 0 Å². The zero-order valence-corrected chi connectivity index (χ0v) is 11.7. The van der Waals surface area contributed by atoms with Crippen molar-refractivity contribution in [3.05, 3.63) is 11.1 Å². The lowest BCUT2D eigenvalue weighted by Crippen LogP contribution is -2.28. The first-order valence-corrected chi connectivity index (χ1v) is 7.46. The maximum atomic E-state index is 4.40. The lowest BCUT2D eigenvalue weighted by atomic mass is 9.85. The Morgan fingerprint density at radius 1 is 1.53 bits per heavy atom. The third-order valence-electron chi connectivity index (χ3n) is 3.30. The van der Waals surface area contributed by atoms with Crippen molar-refractivity contribution >= 4 is 16.5 Å². The molecular formula is C13H23N3S. The molecule has 0 unspecified atom stereocenters. The largest absolute Gasteiger partial charge is 0.362 e. The minimum atomic E-state index is 0.950. The van der Waals surface area contributed by atoms with Gasteiger partial charge in [0.2, 0.25) is 0 Å². The number of nitrogens with zero attached hydrogens (tertiary/aromatic N) is 2. The van der Waals surface area contributed by atoms with Crippen LogP contribution in [0.1, 0.15) is 37.5 Å². The minimum absolute atomic E-state index is 0.950. The number of aromatic nitrogens is 1. The molecule has 1 fully saturated rings. The fourth-order valence-corrected chi connectivity index (χ4v) is 3.06. The van der Waals surface area contributed by atoms with E-state index in [4.69, 9.17) is 0 Å². The summed E-state index contributed by atoms with van der Waals surface area (Å²) in [5.74, 6) is 0.950. The molecule has 1 aromatic rings. The molecule has 0 radical (unpaired) electrons. The van der Waals surface area contributed by atoms with Crippen LogP contribution in [0.2, 0.25) is 0 Å². The maximum Gasteiger partial charge on any atom is 0.182 e. The van der Waals surface area contributed by atoms with Crippen molar-refractivity contribution in [2.24, 2.45) is 5.92 Å². The molecule has 0 spiro atoms. The molecule has 1 saturated carbocycles. The zero-order chi connectivity index (χ0) is 12.1. The number of thiazole rings is 1. The number of hydrogen-bond donors (Lipinski definition) is 1. The summed E-state index contributed by atoms with van der Waals surface area (Å²) < 4.78 is 0. The Morgan fingerprint density at radius 3 is 3.00 bits per heavy atom. The zero-order valence-electron chi connectivity index (χ0n) is 10.9. The molecule has 1 aliphatic carbocycles. The molecule has 1 N–H and O–H groups in total. The van der Waals surface area contributed by atoms with Gasteiger partial charge in [0.25, 0.3) is 0 Å². The van der Waals surface area contributed by atoms with E-state index in [9.17, 15) is 0 Å². The summed E-state index contributed by atoms with van der Waals surface area (Å²) in [7, 11) is 2.22. The third-order valence-corrected chi connectivity index (χ3v) is 4.24. The fraction of sp³-hybridized carbons (Fsp3) is 0.769. The SMILES string of the molecule is CCCNc1ncc(CN(C)CC2CCC2)s1. The van der Waals surface area contributed by atoms with Crippen LogP contribution in [0.5, 0.6) is 0 Å². The summed E-state index contributed by atoms with van der Waals surface area (Å²) in [6, 6.07) is 0. The summed E-state index contributed by atoms with van der Waals surface area (Å²) in [6.45, 7) is 5.48. The number of rotatable bonds is 7. The number of nitrogens with one attached hydrogen (secondary N) is 1. The van der Waals surface area contributed by atoms with E-state index >= 15 is 0 Å². The Morgan fingerprint density at radius 2 is 2.35 bits per heavy atom. The molecule has 0 saturated heterocycles. The van der Waals surface area contributed by atoms with Gasteiger partial charge < -0.3 is 10.2 Å². The summed E-state index contributed by atoms with van der Waals surface area (Å²) in [5, 5.41) is 4.41. The van der Waals surface area contributed by atoms with E-state index in [1.165, 1.54) is 30.7 Å². The van der Waals surface area contributed by atoms with Crippen molar-refractivity contribution in [2.45, 2.75) is 39.2 Å². The van der Waals surface area contributed by atoms with Crippen LogP contribution < -0.4 is 5.32 Å². The molecule has 3 nitrogen and oxygen atoms in total. The highest BCUT2D eigenvalue weighted by molar-refractivity contribution is 7.15. The molecule has 1 aliphatic rings. The van der Waals surface area contributed by atoms with Crippen molar-refractivity contribution in [2.75, 3.05) is 25.5 Å². The van der Waals surface area contributed by atoms with Gasteiger partial charge in [-0.25, -0.2) is 4.98 Å². The highest BCUT2D eigenvalue weighted by atomic mass is 32.1. The van der Waals surface area contributed by atoms with Crippen molar-refractivity contribution in [1.29, 1.82) is 0 Å². The standard InChI is InChI=1S/C13H23N3S/c1-3-7-14-13-15-8-12(17-13)10-16(2)9-11-5-4-6-11/h8,11H,3-7,9-10H2,1-2H3,(H,14,15). The second kappa shape index (κ2) is 6.36. The molecule has 0 amide bonds. The van der Waals surface area contributed by atoms with E-state index in [0.717, 1.165) is 30.6 Å². The van der Waals surface area contributed by atoms with Gasteiger partial charge in [0, 0.05) is 30.7 Å². The van der Waals surface area contributed by atoms with Crippen molar-refractivity contribution in [3.63, 3.8) is 0 Å². The molecule has 1 aromatic heterocycles. The summed E-state index contributed by atoms with van der Waals surface area (Å²) in [6.07, 6.45) is 7.45. The highest BCUT2D eigenvalue weighted by Gasteiger charge is 2.19. The van der Waals surface area contributed by atoms with Crippen molar-refractivity contribution in [1.82, 2.24) is 9.88 Å². The first-order valence-electron chi connectivity index (χ1n) is 6.65. The predicted octanol–water partition coefficient (Wildman–Crippen LogP) is 3.20. The molecule has 0 bridgehead atoms. The van der Waals surface area contributed by atoms with Gasteiger partial charge in [0.05, 0.1) is 0 Å². The average Bonchev–Trinajstić information content (AvgIpc) is 2.68. The summed E-state index contributed by atoms with van der Waals surface area (Å²) in [5.41, 5.74) is 0.